The molecule has 1 N–H and O–H groups in total. The second kappa shape index (κ2) is 4.91. The summed E-state index contributed by atoms with van der Waals surface area (Å²) in [7, 11) is 2.16. The first-order valence-electron chi connectivity index (χ1n) is 6.67. The Morgan fingerprint density at radius 3 is 2.42 bits per heavy atom. The van der Waals surface area contributed by atoms with Crippen molar-refractivity contribution in [3.05, 3.63) is 28.8 Å². The first-order valence-corrected chi connectivity index (χ1v) is 7.05. The molecule has 0 saturated carbocycles. The van der Waals surface area contributed by atoms with Gasteiger partial charge in [-0.25, -0.2) is 8.78 Å². The Morgan fingerprint density at radius 2 is 1.84 bits per heavy atom. The number of anilines is 1. The van der Waals surface area contributed by atoms with Crippen LogP contribution in [0.25, 0.3) is 0 Å². The summed E-state index contributed by atoms with van der Waals surface area (Å²) in [6.45, 7) is 0. The third-order valence-corrected chi connectivity index (χ3v) is 4.75. The fraction of sp³-hybridized carbons (Fsp3) is 0.571. The normalized spacial score (nSPS) is 30.6. The molecular weight excluding hydrogens is 270 g/mol. The molecule has 0 radical (unpaired) electrons. The van der Waals surface area contributed by atoms with E-state index >= 15 is 0 Å². The van der Waals surface area contributed by atoms with E-state index in [1.807, 2.05) is 0 Å². The number of benzene rings is 1. The zero-order valence-electron chi connectivity index (χ0n) is 10.8. The van der Waals surface area contributed by atoms with Crippen molar-refractivity contribution in [1.29, 1.82) is 0 Å². The number of piperidine rings is 1. The molecular formula is C14H17ClF2N2. The Hall–Kier alpha value is -0.870. The van der Waals surface area contributed by atoms with Crippen molar-refractivity contribution in [2.24, 2.45) is 0 Å². The summed E-state index contributed by atoms with van der Waals surface area (Å²) in [5, 5.41) is 3.28. The highest BCUT2D eigenvalue weighted by atomic mass is 35.5. The Morgan fingerprint density at radius 1 is 1.21 bits per heavy atom. The SMILES string of the molecule is CN1C2CCC1CC(Nc1c(F)cc(F)cc1Cl)C2. The van der Waals surface area contributed by atoms with Crippen molar-refractivity contribution in [3.63, 3.8) is 0 Å². The van der Waals surface area contributed by atoms with Crippen molar-refractivity contribution in [3.8, 4) is 0 Å². The quantitative estimate of drug-likeness (QED) is 0.893. The van der Waals surface area contributed by atoms with Gasteiger partial charge in [-0.05, 0) is 38.8 Å². The summed E-state index contributed by atoms with van der Waals surface area (Å²) in [5.74, 6) is -1.26. The molecule has 2 aliphatic heterocycles. The molecule has 2 unspecified atom stereocenters. The van der Waals surface area contributed by atoms with Gasteiger partial charge in [-0.3, -0.25) is 0 Å². The zero-order valence-corrected chi connectivity index (χ0v) is 11.6. The van der Waals surface area contributed by atoms with E-state index in [9.17, 15) is 8.78 Å². The van der Waals surface area contributed by atoms with Gasteiger partial charge in [-0.15, -0.1) is 0 Å². The maximum atomic E-state index is 13.8. The second-order valence-corrected chi connectivity index (χ2v) is 6.01. The van der Waals surface area contributed by atoms with Crippen LogP contribution >= 0.6 is 11.6 Å². The van der Waals surface area contributed by atoms with Crippen LogP contribution in [0.2, 0.25) is 5.02 Å². The number of nitrogens with one attached hydrogen (secondary N) is 1. The standard InChI is InChI=1S/C14H17ClF2N2/c1-19-10-2-3-11(19)7-9(6-10)18-14-12(15)4-8(16)5-13(14)17/h4-5,9-11,18H,2-3,6-7H2,1H3. The molecule has 0 aromatic heterocycles. The Labute approximate surface area is 116 Å². The molecule has 1 aromatic rings. The highest BCUT2D eigenvalue weighted by molar-refractivity contribution is 6.33. The van der Waals surface area contributed by atoms with E-state index in [4.69, 9.17) is 11.6 Å². The molecule has 2 bridgehead atoms. The Kier molecular flexibility index (Phi) is 3.39. The van der Waals surface area contributed by atoms with Crippen LogP contribution in [0.5, 0.6) is 0 Å². The minimum Gasteiger partial charge on any atom is -0.379 e. The van der Waals surface area contributed by atoms with Crippen LogP contribution in [0.3, 0.4) is 0 Å². The third-order valence-electron chi connectivity index (χ3n) is 4.45. The lowest BCUT2D eigenvalue weighted by Gasteiger charge is -2.37. The smallest absolute Gasteiger partial charge is 0.150 e. The van der Waals surface area contributed by atoms with Crippen molar-refractivity contribution in [2.45, 2.75) is 43.8 Å². The van der Waals surface area contributed by atoms with E-state index in [2.05, 4.69) is 17.3 Å². The van der Waals surface area contributed by atoms with Gasteiger partial charge in [-0.2, -0.15) is 0 Å². The predicted octanol–water partition coefficient (Wildman–Crippen LogP) is 3.66. The predicted molar refractivity (Wildman–Crippen MR) is 72.6 cm³/mol. The van der Waals surface area contributed by atoms with Crippen molar-refractivity contribution in [1.82, 2.24) is 4.90 Å². The molecule has 2 heterocycles. The number of halogens is 3. The van der Waals surface area contributed by atoms with Gasteiger partial charge in [-0.1, -0.05) is 11.6 Å². The van der Waals surface area contributed by atoms with Crippen LogP contribution in [0.1, 0.15) is 25.7 Å². The first-order chi connectivity index (χ1) is 9.04. The number of nitrogens with zero attached hydrogens (tertiary/aromatic N) is 1. The number of fused-ring (bicyclic) bond motifs is 2. The monoisotopic (exact) mass is 286 g/mol. The van der Waals surface area contributed by atoms with Gasteiger partial charge in [0.2, 0.25) is 0 Å². The third kappa shape index (κ3) is 2.43. The Balaban J connectivity index is 1.76. The lowest BCUT2D eigenvalue weighted by atomic mass is 9.97. The van der Waals surface area contributed by atoms with Crippen LogP contribution in [0.15, 0.2) is 12.1 Å². The van der Waals surface area contributed by atoms with E-state index in [-0.39, 0.29) is 16.8 Å². The lowest BCUT2D eigenvalue weighted by Crippen LogP contribution is -2.44. The maximum Gasteiger partial charge on any atom is 0.150 e. The van der Waals surface area contributed by atoms with Crippen LogP contribution in [-0.4, -0.2) is 30.1 Å². The Bertz CT molecular complexity index is 457. The topological polar surface area (TPSA) is 15.3 Å². The maximum absolute atomic E-state index is 13.8. The summed E-state index contributed by atoms with van der Waals surface area (Å²) in [6.07, 6.45) is 4.39. The minimum atomic E-state index is -0.642. The second-order valence-electron chi connectivity index (χ2n) is 5.61. The van der Waals surface area contributed by atoms with Crippen LogP contribution in [0.4, 0.5) is 14.5 Å². The van der Waals surface area contributed by atoms with Gasteiger partial charge in [0.15, 0.2) is 5.82 Å². The summed E-state index contributed by atoms with van der Waals surface area (Å²) in [4.78, 5) is 2.42. The van der Waals surface area contributed by atoms with Crippen LogP contribution in [-0.2, 0) is 0 Å². The largest absolute Gasteiger partial charge is 0.379 e. The number of hydrogen-bond donors (Lipinski definition) is 1. The highest BCUT2D eigenvalue weighted by Gasteiger charge is 2.38. The minimum absolute atomic E-state index is 0.115. The highest BCUT2D eigenvalue weighted by Crippen LogP contribution is 2.37. The van der Waals surface area contributed by atoms with E-state index in [1.165, 1.54) is 12.8 Å². The first kappa shape index (κ1) is 13.1. The molecule has 0 amide bonds. The van der Waals surface area contributed by atoms with Crippen LogP contribution in [0, 0.1) is 11.6 Å². The van der Waals surface area contributed by atoms with Crippen LogP contribution < -0.4 is 5.32 Å². The molecule has 2 aliphatic rings. The zero-order chi connectivity index (χ0) is 13.6. The molecule has 2 nitrogen and oxygen atoms in total. The fourth-order valence-corrected chi connectivity index (χ4v) is 3.66. The molecule has 104 valence electrons. The molecule has 19 heavy (non-hydrogen) atoms. The van der Waals surface area contributed by atoms with Gasteiger partial charge in [0, 0.05) is 24.2 Å². The van der Waals surface area contributed by atoms with Crippen molar-refractivity contribution < 1.29 is 8.78 Å². The van der Waals surface area contributed by atoms with E-state index in [1.54, 1.807) is 0 Å². The average molecular weight is 287 g/mol. The summed E-state index contributed by atoms with van der Waals surface area (Å²) >= 11 is 5.92. The summed E-state index contributed by atoms with van der Waals surface area (Å²) in [6, 6.07) is 3.37. The van der Waals surface area contributed by atoms with Crippen molar-refractivity contribution >= 4 is 17.3 Å². The molecule has 0 aliphatic carbocycles. The van der Waals surface area contributed by atoms with Gasteiger partial charge in [0.25, 0.3) is 0 Å². The molecule has 1 aromatic carbocycles. The summed E-state index contributed by atoms with van der Waals surface area (Å²) in [5.41, 5.74) is 0.233. The number of hydrogen-bond acceptors (Lipinski definition) is 2. The van der Waals surface area contributed by atoms with Gasteiger partial charge in [0.1, 0.15) is 5.82 Å². The molecule has 2 fully saturated rings. The summed E-state index contributed by atoms with van der Waals surface area (Å²) < 4.78 is 26.8. The molecule has 2 atom stereocenters. The van der Waals surface area contributed by atoms with Gasteiger partial charge >= 0.3 is 0 Å². The molecule has 2 saturated heterocycles. The molecule has 0 spiro atoms. The van der Waals surface area contributed by atoms with Gasteiger partial charge in [0.05, 0.1) is 10.7 Å². The number of rotatable bonds is 2. The molecule has 3 rings (SSSR count). The van der Waals surface area contributed by atoms with E-state index in [0.717, 1.165) is 25.0 Å². The lowest BCUT2D eigenvalue weighted by molar-refractivity contribution is 0.168. The fourth-order valence-electron chi connectivity index (χ4n) is 3.41. The van der Waals surface area contributed by atoms with E-state index < -0.39 is 11.6 Å². The van der Waals surface area contributed by atoms with E-state index in [0.29, 0.717) is 12.1 Å². The average Bonchev–Trinajstić information content (AvgIpc) is 2.58. The van der Waals surface area contributed by atoms with Gasteiger partial charge < -0.3 is 10.2 Å². The molecule has 5 heteroatoms. The van der Waals surface area contributed by atoms with Crippen molar-refractivity contribution in [2.75, 3.05) is 12.4 Å².